The second-order valence-corrected chi connectivity index (χ2v) is 6.51. The molecule has 1 atom stereocenters. The summed E-state index contributed by atoms with van der Waals surface area (Å²) >= 11 is 0. The molecule has 0 radical (unpaired) electrons. The lowest BCUT2D eigenvalue weighted by Crippen LogP contribution is -2.31. The number of hydrogen-bond acceptors (Lipinski definition) is 2. The summed E-state index contributed by atoms with van der Waals surface area (Å²) in [6.07, 6.45) is 11.5. The summed E-state index contributed by atoms with van der Waals surface area (Å²) in [5.41, 5.74) is 1.65. The lowest BCUT2D eigenvalue weighted by atomic mass is 9.93. The van der Waals surface area contributed by atoms with Gasteiger partial charge in [0.2, 0.25) is 0 Å². The van der Waals surface area contributed by atoms with Crippen molar-refractivity contribution in [2.75, 3.05) is 0 Å². The van der Waals surface area contributed by atoms with Gasteiger partial charge in [-0.3, -0.25) is 0 Å². The van der Waals surface area contributed by atoms with Crippen LogP contribution in [0.15, 0.2) is 18.2 Å². The van der Waals surface area contributed by atoms with Crippen LogP contribution >= 0.6 is 0 Å². The third-order valence-corrected chi connectivity index (χ3v) is 4.35. The van der Waals surface area contributed by atoms with Crippen molar-refractivity contribution in [2.24, 2.45) is 0 Å². The van der Waals surface area contributed by atoms with Gasteiger partial charge in [-0.15, -0.1) is 11.8 Å². The molecule has 0 saturated heterocycles. The van der Waals surface area contributed by atoms with Crippen LogP contribution in [0.25, 0.3) is 6.08 Å². The molecule has 1 aromatic carbocycles. The summed E-state index contributed by atoms with van der Waals surface area (Å²) in [6.45, 7) is 6.18. The lowest BCUT2D eigenvalue weighted by Gasteiger charge is -2.32. The summed E-state index contributed by atoms with van der Waals surface area (Å²) < 4.78 is 6.23. The van der Waals surface area contributed by atoms with Crippen LogP contribution in [0, 0.1) is 11.8 Å². The molecule has 124 valence electrons. The molecule has 0 bridgehead atoms. The maximum Gasteiger partial charge on any atom is 0.131 e. The zero-order chi connectivity index (χ0) is 16.7. The first-order chi connectivity index (χ1) is 11.1. The molecule has 1 aromatic rings. The summed E-state index contributed by atoms with van der Waals surface area (Å²) in [6, 6.07) is 3.97. The molecule has 0 spiro atoms. The smallest absolute Gasteiger partial charge is 0.131 e. The number of hydrogen-bond donors (Lipinski definition) is 1. The summed E-state index contributed by atoms with van der Waals surface area (Å²) in [7, 11) is 0. The number of rotatable bonds is 7. The molecule has 2 heteroatoms. The topological polar surface area (TPSA) is 29.5 Å². The minimum Gasteiger partial charge on any atom is -0.507 e. The monoisotopic (exact) mass is 312 g/mol. The molecule has 1 aliphatic heterocycles. The van der Waals surface area contributed by atoms with E-state index in [4.69, 9.17) is 4.74 Å². The van der Waals surface area contributed by atoms with Crippen molar-refractivity contribution in [1.29, 1.82) is 0 Å². The Balaban J connectivity index is 2.09. The van der Waals surface area contributed by atoms with Crippen LogP contribution in [0.4, 0.5) is 0 Å². The van der Waals surface area contributed by atoms with Gasteiger partial charge >= 0.3 is 0 Å². The van der Waals surface area contributed by atoms with Gasteiger partial charge in [0.05, 0.1) is 5.56 Å². The molecule has 2 rings (SSSR count). The fourth-order valence-corrected chi connectivity index (χ4v) is 2.97. The first-order valence-corrected chi connectivity index (χ1v) is 8.72. The maximum absolute atomic E-state index is 10.3. The maximum atomic E-state index is 10.3. The highest BCUT2D eigenvalue weighted by atomic mass is 16.5. The van der Waals surface area contributed by atoms with E-state index < -0.39 is 0 Å². The van der Waals surface area contributed by atoms with Crippen molar-refractivity contribution in [1.82, 2.24) is 0 Å². The van der Waals surface area contributed by atoms with E-state index in [1.54, 1.807) is 0 Å². The van der Waals surface area contributed by atoms with Gasteiger partial charge in [-0.25, -0.2) is 0 Å². The zero-order valence-corrected chi connectivity index (χ0v) is 14.6. The van der Waals surface area contributed by atoms with Gasteiger partial charge in [-0.05, 0) is 69.4 Å². The largest absolute Gasteiger partial charge is 0.507 e. The molecule has 0 saturated carbocycles. The van der Waals surface area contributed by atoms with E-state index in [1.807, 2.05) is 19.1 Å². The number of unbranched alkanes of at least 4 members (excludes halogenated alkanes) is 3. The number of fused-ring (bicyclic) bond motifs is 1. The highest BCUT2D eigenvalue weighted by Gasteiger charge is 2.28. The van der Waals surface area contributed by atoms with Crippen LogP contribution in [-0.4, -0.2) is 10.7 Å². The quantitative estimate of drug-likeness (QED) is 0.533. The molecule has 1 unspecified atom stereocenters. The molecular weight excluding hydrogens is 284 g/mol. The Hall–Kier alpha value is -1.88. The molecule has 2 nitrogen and oxygen atoms in total. The Morgan fingerprint density at radius 2 is 2.04 bits per heavy atom. The fourth-order valence-electron chi connectivity index (χ4n) is 2.97. The third kappa shape index (κ3) is 4.79. The van der Waals surface area contributed by atoms with Gasteiger partial charge in [0.15, 0.2) is 0 Å². The van der Waals surface area contributed by atoms with Crippen LogP contribution in [-0.2, 0) is 6.42 Å². The molecule has 1 N–H and O–H groups in total. The van der Waals surface area contributed by atoms with Gasteiger partial charge < -0.3 is 9.84 Å². The van der Waals surface area contributed by atoms with Crippen molar-refractivity contribution < 1.29 is 9.84 Å². The minimum atomic E-state index is -0.309. The first-order valence-electron chi connectivity index (χ1n) is 8.72. The molecule has 23 heavy (non-hydrogen) atoms. The summed E-state index contributed by atoms with van der Waals surface area (Å²) in [4.78, 5) is 0. The van der Waals surface area contributed by atoms with Crippen molar-refractivity contribution in [3.63, 3.8) is 0 Å². The third-order valence-electron chi connectivity index (χ3n) is 4.35. The average Bonchev–Trinajstić information content (AvgIpc) is 2.51. The summed E-state index contributed by atoms with van der Waals surface area (Å²) in [5, 5.41) is 10.3. The van der Waals surface area contributed by atoms with Crippen molar-refractivity contribution in [3.05, 3.63) is 29.3 Å². The molecule has 0 aliphatic carbocycles. The minimum absolute atomic E-state index is 0.309. The lowest BCUT2D eigenvalue weighted by molar-refractivity contribution is 0.125. The Bertz CT molecular complexity index is 619. The first kappa shape index (κ1) is 17.5. The van der Waals surface area contributed by atoms with Crippen LogP contribution < -0.4 is 4.74 Å². The molecule has 1 aliphatic rings. The summed E-state index contributed by atoms with van der Waals surface area (Å²) in [5.74, 6) is 7.16. The SMILES string of the molecule is CC#CCCCC1(C)C=Cc2c(O)cc(CCCCC)cc2O1. The predicted octanol–water partition coefficient (Wildman–Crippen LogP) is 5.48. The van der Waals surface area contributed by atoms with Crippen molar-refractivity contribution in [3.8, 4) is 23.3 Å². The van der Waals surface area contributed by atoms with E-state index in [0.29, 0.717) is 5.75 Å². The molecule has 0 fully saturated rings. The fraction of sp³-hybridized carbons (Fsp3) is 0.524. The van der Waals surface area contributed by atoms with Crippen LogP contribution in [0.5, 0.6) is 11.5 Å². The second kappa shape index (κ2) is 8.11. The molecule has 1 heterocycles. The van der Waals surface area contributed by atoms with Gasteiger partial charge in [0, 0.05) is 6.42 Å². The number of aromatic hydroxyl groups is 1. The highest BCUT2D eigenvalue weighted by molar-refractivity contribution is 5.67. The van der Waals surface area contributed by atoms with Crippen LogP contribution in [0.1, 0.15) is 70.4 Å². The van der Waals surface area contributed by atoms with Gasteiger partial charge in [-0.1, -0.05) is 19.8 Å². The van der Waals surface area contributed by atoms with E-state index in [9.17, 15) is 5.11 Å². The number of benzene rings is 1. The van der Waals surface area contributed by atoms with Crippen LogP contribution in [0.3, 0.4) is 0 Å². The Morgan fingerprint density at radius 1 is 1.22 bits per heavy atom. The van der Waals surface area contributed by atoms with E-state index in [1.165, 1.54) is 12.8 Å². The number of aryl methyl sites for hydroxylation is 1. The zero-order valence-electron chi connectivity index (χ0n) is 14.6. The second-order valence-electron chi connectivity index (χ2n) is 6.51. The van der Waals surface area contributed by atoms with Crippen molar-refractivity contribution in [2.45, 2.75) is 71.3 Å². The average molecular weight is 312 g/mol. The van der Waals surface area contributed by atoms with E-state index >= 15 is 0 Å². The van der Waals surface area contributed by atoms with Gasteiger partial charge in [0.1, 0.15) is 17.1 Å². The Kier molecular flexibility index (Phi) is 6.16. The highest BCUT2D eigenvalue weighted by Crippen LogP contribution is 2.39. The number of phenolic OH excluding ortho intramolecular Hbond substituents is 1. The standard InChI is InChI=1S/C21H28O2/c1-4-6-8-10-13-21(3)14-12-18-19(22)15-17(11-9-7-5-2)16-20(18)23-21/h12,14-16,22H,5,7-11,13H2,1-3H3. The van der Waals surface area contributed by atoms with E-state index in [-0.39, 0.29) is 5.60 Å². The number of ether oxygens (including phenoxy) is 1. The van der Waals surface area contributed by atoms with E-state index in [2.05, 4.69) is 37.8 Å². The normalized spacial score (nSPS) is 18.7. The van der Waals surface area contributed by atoms with Gasteiger partial charge in [-0.2, -0.15) is 0 Å². The molecular formula is C21H28O2. The Morgan fingerprint density at radius 3 is 2.78 bits per heavy atom. The van der Waals surface area contributed by atoms with Crippen LogP contribution in [0.2, 0.25) is 0 Å². The molecule has 0 aromatic heterocycles. The van der Waals surface area contributed by atoms with Gasteiger partial charge in [0.25, 0.3) is 0 Å². The van der Waals surface area contributed by atoms with E-state index in [0.717, 1.165) is 49.0 Å². The predicted molar refractivity (Wildman–Crippen MR) is 96.7 cm³/mol. The number of phenols is 1. The Labute approximate surface area is 140 Å². The van der Waals surface area contributed by atoms with Crippen molar-refractivity contribution >= 4 is 6.08 Å². The molecule has 0 amide bonds.